The van der Waals surface area contributed by atoms with Gasteiger partial charge in [0.25, 0.3) is 11.6 Å². The first kappa shape index (κ1) is 13.1. The summed E-state index contributed by atoms with van der Waals surface area (Å²) in [6.07, 6.45) is 0.975. The van der Waals surface area contributed by atoms with Gasteiger partial charge in [0.05, 0.1) is 4.92 Å². The van der Waals surface area contributed by atoms with E-state index in [0.717, 1.165) is 25.1 Å². The Morgan fingerprint density at radius 3 is 3.00 bits per heavy atom. The molecule has 2 fully saturated rings. The van der Waals surface area contributed by atoms with Crippen LogP contribution in [0, 0.1) is 23.0 Å². The number of benzene rings is 1. The third-order valence-electron chi connectivity index (χ3n) is 4.29. The molecule has 6 heteroatoms. The van der Waals surface area contributed by atoms with Crippen LogP contribution < -0.4 is 5.32 Å². The molecule has 0 spiro atoms. The van der Waals surface area contributed by atoms with Crippen LogP contribution in [-0.2, 0) is 0 Å². The zero-order chi connectivity index (χ0) is 14.3. The maximum Gasteiger partial charge on any atom is 0.282 e. The molecule has 1 N–H and O–H groups in total. The highest BCUT2D eigenvalue weighted by Crippen LogP contribution is 2.30. The molecule has 2 heterocycles. The van der Waals surface area contributed by atoms with Crippen LogP contribution in [-0.4, -0.2) is 41.4 Å². The van der Waals surface area contributed by atoms with Crippen LogP contribution in [0.1, 0.15) is 22.3 Å². The molecule has 0 aliphatic carbocycles. The maximum atomic E-state index is 12.7. The number of nitrogens with one attached hydrogen (secondary N) is 1. The molecule has 0 saturated carbocycles. The minimum Gasteiger partial charge on any atom is -0.334 e. The minimum atomic E-state index is -0.479. The first-order valence-corrected chi connectivity index (χ1v) is 6.84. The molecule has 2 aliphatic rings. The van der Waals surface area contributed by atoms with Crippen molar-refractivity contribution in [3.63, 3.8) is 0 Å². The van der Waals surface area contributed by atoms with Gasteiger partial charge in [-0.3, -0.25) is 14.9 Å². The molecule has 0 aromatic heterocycles. The number of nitro benzene ring substituents is 1. The van der Waals surface area contributed by atoms with E-state index in [2.05, 4.69) is 5.32 Å². The molecule has 1 aromatic rings. The summed E-state index contributed by atoms with van der Waals surface area (Å²) in [4.78, 5) is 25.1. The van der Waals surface area contributed by atoms with Crippen molar-refractivity contribution in [2.24, 2.45) is 5.92 Å². The van der Waals surface area contributed by atoms with Gasteiger partial charge in [-0.25, -0.2) is 0 Å². The normalized spacial score (nSPS) is 24.8. The van der Waals surface area contributed by atoms with E-state index in [9.17, 15) is 14.9 Å². The zero-order valence-electron chi connectivity index (χ0n) is 11.3. The topological polar surface area (TPSA) is 75.5 Å². The third-order valence-corrected chi connectivity index (χ3v) is 4.29. The Hall–Kier alpha value is -1.95. The van der Waals surface area contributed by atoms with Crippen molar-refractivity contribution in [2.45, 2.75) is 19.4 Å². The number of aryl methyl sites for hydroxylation is 1. The standard InChI is InChI=1S/C14H17N3O3/c1-9-2-3-12(17(19)20)11(6-9)14(18)16-5-4-10-7-15-8-13(10)16/h2-3,6,10,13,15H,4-5,7-8H2,1H3/t10-,13+/m0/s1. The van der Waals surface area contributed by atoms with Gasteiger partial charge in [0.2, 0.25) is 0 Å². The summed E-state index contributed by atoms with van der Waals surface area (Å²) in [5.41, 5.74) is 0.969. The third kappa shape index (κ3) is 2.06. The molecule has 106 valence electrons. The number of amides is 1. The van der Waals surface area contributed by atoms with Crippen molar-refractivity contribution < 1.29 is 9.72 Å². The number of rotatable bonds is 2. The second-order valence-corrected chi connectivity index (χ2v) is 5.55. The summed E-state index contributed by atoms with van der Waals surface area (Å²) < 4.78 is 0. The first-order valence-electron chi connectivity index (χ1n) is 6.84. The van der Waals surface area contributed by atoms with Crippen molar-refractivity contribution in [3.8, 4) is 0 Å². The minimum absolute atomic E-state index is 0.102. The number of hydrogen-bond donors (Lipinski definition) is 1. The summed E-state index contributed by atoms with van der Waals surface area (Å²) >= 11 is 0. The Kier molecular flexibility index (Phi) is 3.17. The van der Waals surface area contributed by atoms with Crippen LogP contribution in [0.25, 0.3) is 0 Å². The molecule has 1 aromatic carbocycles. The number of hydrogen-bond acceptors (Lipinski definition) is 4. The highest BCUT2D eigenvalue weighted by Gasteiger charge is 2.41. The van der Waals surface area contributed by atoms with Gasteiger partial charge in [-0.1, -0.05) is 6.07 Å². The number of fused-ring (bicyclic) bond motifs is 1. The summed E-state index contributed by atoms with van der Waals surface area (Å²) in [5, 5.41) is 14.4. The van der Waals surface area contributed by atoms with Crippen LogP contribution in [0.5, 0.6) is 0 Å². The summed E-state index contributed by atoms with van der Waals surface area (Å²) in [7, 11) is 0. The van der Waals surface area contributed by atoms with Crippen LogP contribution in [0.4, 0.5) is 5.69 Å². The molecule has 3 rings (SSSR count). The highest BCUT2D eigenvalue weighted by atomic mass is 16.6. The van der Waals surface area contributed by atoms with Crippen molar-refractivity contribution in [1.82, 2.24) is 10.2 Å². The van der Waals surface area contributed by atoms with Gasteiger partial charge in [0.1, 0.15) is 5.56 Å². The van der Waals surface area contributed by atoms with Crippen LogP contribution in [0.15, 0.2) is 18.2 Å². The Morgan fingerprint density at radius 2 is 2.25 bits per heavy atom. The van der Waals surface area contributed by atoms with E-state index in [-0.39, 0.29) is 23.2 Å². The predicted octanol–water partition coefficient (Wildman–Crippen LogP) is 1.34. The molecule has 2 atom stereocenters. The van der Waals surface area contributed by atoms with E-state index in [0.29, 0.717) is 12.5 Å². The smallest absolute Gasteiger partial charge is 0.282 e. The summed E-state index contributed by atoms with van der Waals surface area (Å²) in [6.45, 7) is 4.26. The first-order chi connectivity index (χ1) is 9.58. The van der Waals surface area contributed by atoms with E-state index in [1.165, 1.54) is 6.07 Å². The van der Waals surface area contributed by atoms with Crippen molar-refractivity contribution in [3.05, 3.63) is 39.4 Å². The fraction of sp³-hybridized carbons (Fsp3) is 0.500. The van der Waals surface area contributed by atoms with E-state index in [1.54, 1.807) is 17.0 Å². The van der Waals surface area contributed by atoms with Crippen molar-refractivity contribution in [2.75, 3.05) is 19.6 Å². The highest BCUT2D eigenvalue weighted by molar-refractivity contribution is 5.98. The van der Waals surface area contributed by atoms with Gasteiger partial charge < -0.3 is 10.2 Å². The van der Waals surface area contributed by atoms with Crippen LogP contribution in [0.2, 0.25) is 0 Å². The Labute approximate surface area is 116 Å². The Morgan fingerprint density at radius 1 is 1.45 bits per heavy atom. The Balaban J connectivity index is 1.94. The monoisotopic (exact) mass is 275 g/mol. The lowest BCUT2D eigenvalue weighted by Gasteiger charge is -2.23. The van der Waals surface area contributed by atoms with Crippen LogP contribution >= 0.6 is 0 Å². The molecule has 0 bridgehead atoms. The lowest BCUT2D eigenvalue weighted by molar-refractivity contribution is -0.385. The summed E-state index contributed by atoms with van der Waals surface area (Å²) in [5.74, 6) is 0.277. The number of likely N-dealkylation sites (tertiary alicyclic amines) is 1. The number of carbonyl (C=O) groups is 1. The second-order valence-electron chi connectivity index (χ2n) is 5.55. The quantitative estimate of drug-likeness (QED) is 0.652. The molecule has 20 heavy (non-hydrogen) atoms. The molecule has 6 nitrogen and oxygen atoms in total. The number of nitro groups is 1. The van der Waals surface area contributed by atoms with E-state index in [4.69, 9.17) is 0 Å². The summed E-state index contributed by atoms with van der Waals surface area (Å²) in [6, 6.07) is 4.89. The molecule has 0 radical (unpaired) electrons. The average molecular weight is 275 g/mol. The van der Waals surface area contributed by atoms with Gasteiger partial charge in [-0.15, -0.1) is 0 Å². The molecule has 2 aliphatic heterocycles. The fourth-order valence-corrected chi connectivity index (χ4v) is 3.24. The second kappa shape index (κ2) is 4.86. The van der Waals surface area contributed by atoms with Crippen LogP contribution in [0.3, 0.4) is 0 Å². The van der Waals surface area contributed by atoms with Crippen molar-refractivity contribution >= 4 is 11.6 Å². The van der Waals surface area contributed by atoms with Gasteiger partial charge in [0, 0.05) is 31.7 Å². The zero-order valence-corrected chi connectivity index (χ0v) is 11.3. The largest absolute Gasteiger partial charge is 0.334 e. The maximum absolute atomic E-state index is 12.7. The lowest BCUT2D eigenvalue weighted by Crippen LogP contribution is -2.39. The molecular weight excluding hydrogens is 258 g/mol. The molecule has 2 saturated heterocycles. The Bertz CT molecular complexity index is 573. The van der Waals surface area contributed by atoms with E-state index >= 15 is 0 Å². The molecule has 1 amide bonds. The SMILES string of the molecule is Cc1ccc([N+](=O)[O-])c(C(=O)N2CC[C@H]3CNC[C@H]32)c1. The van der Waals surface area contributed by atoms with Gasteiger partial charge in [0.15, 0.2) is 0 Å². The molecule has 0 unspecified atom stereocenters. The van der Waals surface area contributed by atoms with Gasteiger partial charge in [-0.05, 0) is 30.9 Å². The number of nitrogens with zero attached hydrogens (tertiary/aromatic N) is 2. The molecular formula is C14H17N3O3. The average Bonchev–Trinajstić information content (AvgIpc) is 2.99. The van der Waals surface area contributed by atoms with E-state index in [1.807, 2.05) is 6.92 Å². The predicted molar refractivity (Wildman–Crippen MR) is 73.6 cm³/mol. The van der Waals surface area contributed by atoms with Crippen molar-refractivity contribution in [1.29, 1.82) is 0 Å². The lowest BCUT2D eigenvalue weighted by atomic mass is 10.0. The van der Waals surface area contributed by atoms with Gasteiger partial charge >= 0.3 is 0 Å². The van der Waals surface area contributed by atoms with E-state index < -0.39 is 4.92 Å². The number of carbonyl (C=O) groups excluding carboxylic acids is 1. The fourth-order valence-electron chi connectivity index (χ4n) is 3.24. The van der Waals surface area contributed by atoms with Gasteiger partial charge in [-0.2, -0.15) is 0 Å².